The SMILES string of the molecule is O=C(Cc1cccc(F)c1)N1CCc2nc([C@@H]3CCCN3)ncc2C1. The number of amides is 1. The Hall–Kier alpha value is -2.34. The van der Waals surface area contributed by atoms with E-state index in [9.17, 15) is 9.18 Å². The normalized spacial score (nSPS) is 19.7. The fourth-order valence-electron chi connectivity index (χ4n) is 3.55. The molecule has 2 aliphatic rings. The molecule has 5 nitrogen and oxygen atoms in total. The third-order valence-electron chi connectivity index (χ3n) is 4.92. The molecule has 0 spiro atoms. The number of carbonyl (C=O) groups excluding carboxylic acids is 1. The Morgan fingerprint density at radius 2 is 2.32 bits per heavy atom. The summed E-state index contributed by atoms with van der Waals surface area (Å²) in [5.41, 5.74) is 2.77. The van der Waals surface area contributed by atoms with Crippen molar-refractivity contribution in [3.05, 3.63) is 58.9 Å². The van der Waals surface area contributed by atoms with Gasteiger partial charge in [0.2, 0.25) is 5.91 Å². The van der Waals surface area contributed by atoms with Gasteiger partial charge in [0.05, 0.1) is 18.2 Å². The van der Waals surface area contributed by atoms with Crippen LogP contribution < -0.4 is 5.32 Å². The van der Waals surface area contributed by atoms with Crippen LogP contribution in [0.2, 0.25) is 0 Å². The zero-order valence-electron chi connectivity index (χ0n) is 14.0. The van der Waals surface area contributed by atoms with E-state index in [1.165, 1.54) is 12.1 Å². The Labute approximate surface area is 146 Å². The number of carbonyl (C=O) groups is 1. The molecule has 0 bridgehead atoms. The van der Waals surface area contributed by atoms with E-state index in [1.807, 2.05) is 11.1 Å². The lowest BCUT2D eigenvalue weighted by Crippen LogP contribution is -2.37. The molecule has 0 radical (unpaired) electrons. The number of halogens is 1. The first kappa shape index (κ1) is 16.1. The van der Waals surface area contributed by atoms with Gasteiger partial charge < -0.3 is 10.2 Å². The van der Waals surface area contributed by atoms with Crippen LogP contribution in [0.3, 0.4) is 0 Å². The van der Waals surface area contributed by atoms with Crippen molar-refractivity contribution in [2.45, 2.75) is 38.3 Å². The molecule has 1 fully saturated rings. The maximum absolute atomic E-state index is 13.3. The average molecular weight is 340 g/mol. The highest BCUT2D eigenvalue weighted by atomic mass is 19.1. The van der Waals surface area contributed by atoms with E-state index in [2.05, 4.69) is 10.3 Å². The Kier molecular flexibility index (Phi) is 4.44. The monoisotopic (exact) mass is 340 g/mol. The van der Waals surface area contributed by atoms with Crippen molar-refractivity contribution in [3.8, 4) is 0 Å². The predicted molar refractivity (Wildman–Crippen MR) is 91.2 cm³/mol. The van der Waals surface area contributed by atoms with E-state index in [-0.39, 0.29) is 24.2 Å². The van der Waals surface area contributed by atoms with Crippen LogP contribution in [0.15, 0.2) is 30.5 Å². The van der Waals surface area contributed by atoms with Crippen LogP contribution >= 0.6 is 0 Å². The van der Waals surface area contributed by atoms with Gasteiger partial charge in [-0.05, 0) is 37.1 Å². The van der Waals surface area contributed by atoms with Gasteiger partial charge in [0, 0.05) is 31.3 Å². The highest BCUT2D eigenvalue weighted by Crippen LogP contribution is 2.23. The van der Waals surface area contributed by atoms with Crippen molar-refractivity contribution in [3.63, 3.8) is 0 Å². The number of nitrogens with zero attached hydrogens (tertiary/aromatic N) is 3. The van der Waals surface area contributed by atoms with Crippen LogP contribution in [0.1, 0.15) is 41.5 Å². The van der Waals surface area contributed by atoms with E-state index >= 15 is 0 Å². The Balaban J connectivity index is 1.44. The molecule has 1 N–H and O–H groups in total. The minimum Gasteiger partial charge on any atom is -0.338 e. The zero-order valence-corrected chi connectivity index (χ0v) is 14.0. The van der Waals surface area contributed by atoms with Gasteiger partial charge in [0.1, 0.15) is 11.6 Å². The summed E-state index contributed by atoms with van der Waals surface area (Å²) in [6.45, 7) is 2.20. The summed E-state index contributed by atoms with van der Waals surface area (Å²) in [5.74, 6) is 0.573. The van der Waals surface area contributed by atoms with Crippen molar-refractivity contribution in [2.75, 3.05) is 13.1 Å². The molecule has 3 heterocycles. The van der Waals surface area contributed by atoms with Crippen molar-refractivity contribution in [1.82, 2.24) is 20.2 Å². The van der Waals surface area contributed by atoms with E-state index in [0.717, 1.165) is 42.9 Å². The molecule has 1 atom stereocenters. The highest BCUT2D eigenvalue weighted by Gasteiger charge is 2.25. The molecule has 1 amide bonds. The van der Waals surface area contributed by atoms with Crippen molar-refractivity contribution >= 4 is 5.91 Å². The third kappa shape index (κ3) is 3.54. The van der Waals surface area contributed by atoms with Crippen LogP contribution in [0.25, 0.3) is 0 Å². The van der Waals surface area contributed by atoms with Crippen molar-refractivity contribution < 1.29 is 9.18 Å². The molecule has 6 heteroatoms. The van der Waals surface area contributed by atoms with Crippen LogP contribution in [-0.4, -0.2) is 33.9 Å². The fraction of sp³-hybridized carbons (Fsp3) is 0.421. The number of hydrogen-bond donors (Lipinski definition) is 1. The molecule has 2 aliphatic heterocycles. The summed E-state index contributed by atoms with van der Waals surface area (Å²) in [4.78, 5) is 23.6. The molecule has 1 saturated heterocycles. The number of fused-ring (bicyclic) bond motifs is 1. The molecule has 1 aromatic carbocycles. The first-order chi connectivity index (χ1) is 12.2. The van der Waals surface area contributed by atoms with E-state index in [0.29, 0.717) is 18.7 Å². The molecule has 25 heavy (non-hydrogen) atoms. The van der Waals surface area contributed by atoms with Gasteiger partial charge in [0.25, 0.3) is 0 Å². The lowest BCUT2D eigenvalue weighted by atomic mass is 10.0. The summed E-state index contributed by atoms with van der Waals surface area (Å²) in [6.07, 6.45) is 5.06. The maximum Gasteiger partial charge on any atom is 0.227 e. The van der Waals surface area contributed by atoms with Crippen LogP contribution in [0.5, 0.6) is 0 Å². The van der Waals surface area contributed by atoms with Crippen LogP contribution in [0, 0.1) is 5.82 Å². The molecule has 0 unspecified atom stereocenters. The van der Waals surface area contributed by atoms with Gasteiger partial charge in [-0.1, -0.05) is 12.1 Å². The second-order valence-corrected chi connectivity index (χ2v) is 6.72. The Bertz CT molecular complexity index is 789. The number of hydrogen-bond acceptors (Lipinski definition) is 4. The van der Waals surface area contributed by atoms with Crippen molar-refractivity contribution in [1.29, 1.82) is 0 Å². The smallest absolute Gasteiger partial charge is 0.227 e. The van der Waals surface area contributed by atoms with Gasteiger partial charge in [0.15, 0.2) is 0 Å². The van der Waals surface area contributed by atoms with Gasteiger partial charge in [-0.2, -0.15) is 0 Å². The lowest BCUT2D eigenvalue weighted by Gasteiger charge is -2.28. The minimum absolute atomic E-state index is 0.0118. The van der Waals surface area contributed by atoms with E-state index in [4.69, 9.17) is 4.98 Å². The third-order valence-corrected chi connectivity index (χ3v) is 4.92. The summed E-state index contributed by atoms with van der Waals surface area (Å²) in [7, 11) is 0. The highest BCUT2D eigenvalue weighted by molar-refractivity contribution is 5.79. The summed E-state index contributed by atoms with van der Waals surface area (Å²) < 4.78 is 13.3. The standard InChI is InChI=1S/C19H21FN4O/c20-15-4-1-3-13(9-15)10-18(25)24-8-6-16-14(12-24)11-22-19(23-16)17-5-2-7-21-17/h1,3-4,9,11,17,21H,2,5-8,10,12H2/t17-/m0/s1. The largest absolute Gasteiger partial charge is 0.338 e. The minimum atomic E-state index is -0.309. The summed E-state index contributed by atoms with van der Waals surface area (Å²) in [6, 6.07) is 6.48. The van der Waals surface area contributed by atoms with Gasteiger partial charge in [-0.15, -0.1) is 0 Å². The first-order valence-corrected chi connectivity index (χ1v) is 8.79. The summed E-state index contributed by atoms with van der Waals surface area (Å²) in [5, 5.41) is 3.42. The van der Waals surface area contributed by atoms with Gasteiger partial charge >= 0.3 is 0 Å². The molecule has 2 aromatic rings. The van der Waals surface area contributed by atoms with Gasteiger partial charge in [-0.25, -0.2) is 14.4 Å². The molecule has 4 rings (SSSR count). The second kappa shape index (κ2) is 6.88. The van der Waals surface area contributed by atoms with Gasteiger partial charge in [-0.3, -0.25) is 4.79 Å². The number of rotatable bonds is 3. The molecule has 0 aliphatic carbocycles. The molecule has 1 aromatic heterocycles. The van der Waals surface area contributed by atoms with E-state index < -0.39 is 0 Å². The first-order valence-electron chi connectivity index (χ1n) is 8.79. The molecular weight excluding hydrogens is 319 g/mol. The van der Waals surface area contributed by atoms with Crippen molar-refractivity contribution in [2.24, 2.45) is 0 Å². The van der Waals surface area contributed by atoms with Crippen LogP contribution in [-0.2, 0) is 24.2 Å². The topological polar surface area (TPSA) is 58.1 Å². The predicted octanol–water partition coefficient (Wildman–Crippen LogP) is 2.17. The molecular formula is C19H21FN4O. The number of aromatic nitrogens is 2. The molecule has 0 saturated carbocycles. The number of nitrogens with one attached hydrogen (secondary N) is 1. The average Bonchev–Trinajstić information content (AvgIpc) is 3.15. The Morgan fingerprint density at radius 3 is 3.12 bits per heavy atom. The molecule has 130 valence electrons. The Morgan fingerprint density at radius 1 is 1.40 bits per heavy atom. The van der Waals surface area contributed by atoms with E-state index in [1.54, 1.807) is 12.1 Å². The fourth-order valence-corrected chi connectivity index (χ4v) is 3.55. The second-order valence-electron chi connectivity index (χ2n) is 6.72. The quantitative estimate of drug-likeness (QED) is 0.930. The maximum atomic E-state index is 13.3. The van der Waals surface area contributed by atoms with Crippen LogP contribution in [0.4, 0.5) is 4.39 Å². The zero-order chi connectivity index (χ0) is 17.2. The lowest BCUT2D eigenvalue weighted by molar-refractivity contribution is -0.131. The number of benzene rings is 1. The summed E-state index contributed by atoms with van der Waals surface area (Å²) >= 11 is 0.